The SMILES string of the molecule is CN=C(NCCc1nccn1Cc1ccccc1)NCC(C)(C)SC.I. The summed E-state index contributed by atoms with van der Waals surface area (Å²) in [5.41, 5.74) is 1.28. The van der Waals surface area contributed by atoms with Gasteiger partial charge in [-0.3, -0.25) is 4.99 Å². The van der Waals surface area contributed by atoms with Gasteiger partial charge in [0.1, 0.15) is 5.82 Å². The minimum Gasteiger partial charge on any atom is -0.356 e. The first kappa shape index (κ1) is 22.8. The topological polar surface area (TPSA) is 54.2 Å². The lowest BCUT2D eigenvalue weighted by molar-refractivity contribution is 0.656. The van der Waals surface area contributed by atoms with Gasteiger partial charge in [0.05, 0.1) is 0 Å². The zero-order valence-corrected chi connectivity index (χ0v) is 19.2. The third-order valence-corrected chi connectivity index (χ3v) is 5.35. The monoisotopic (exact) mass is 487 g/mol. The van der Waals surface area contributed by atoms with E-state index in [4.69, 9.17) is 0 Å². The van der Waals surface area contributed by atoms with Crippen LogP contribution in [0.25, 0.3) is 0 Å². The van der Waals surface area contributed by atoms with Gasteiger partial charge in [-0.15, -0.1) is 24.0 Å². The number of aromatic nitrogens is 2. The molecule has 0 unspecified atom stereocenters. The Bertz CT molecular complexity index is 670. The lowest BCUT2D eigenvalue weighted by Gasteiger charge is -2.23. The predicted molar refractivity (Wildman–Crippen MR) is 124 cm³/mol. The second kappa shape index (κ2) is 11.5. The van der Waals surface area contributed by atoms with Crippen LogP contribution in [0.3, 0.4) is 0 Å². The third-order valence-electron chi connectivity index (χ3n) is 4.10. The van der Waals surface area contributed by atoms with Crippen LogP contribution in [0.15, 0.2) is 47.7 Å². The molecular formula is C19H30IN5S. The highest BCUT2D eigenvalue weighted by Gasteiger charge is 2.16. The number of hydrogen-bond acceptors (Lipinski definition) is 3. The average molecular weight is 487 g/mol. The van der Waals surface area contributed by atoms with Crippen molar-refractivity contribution in [1.82, 2.24) is 20.2 Å². The second-order valence-corrected chi connectivity index (χ2v) is 8.04. The zero-order chi connectivity index (χ0) is 18.1. The molecule has 0 saturated heterocycles. The average Bonchev–Trinajstić information content (AvgIpc) is 3.06. The van der Waals surface area contributed by atoms with E-state index in [9.17, 15) is 0 Å². The summed E-state index contributed by atoms with van der Waals surface area (Å²) >= 11 is 1.85. The molecule has 0 bridgehead atoms. The number of benzene rings is 1. The standard InChI is InChI=1S/C19H29N5S.HI/c1-19(2,25-4)15-23-18(20-3)22-11-10-17-21-12-13-24(17)14-16-8-6-5-7-9-16;/h5-9,12-13H,10-11,14-15H2,1-4H3,(H2,20,22,23);1H. The Labute approximate surface area is 178 Å². The van der Waals surface area contributed by atoms with Crippen molar-refractivity contribution in [3.8, 4) is 0 Å². The van der Waals surface area contributed by atoms with Gasteiger partial charge in [-0.2, -0.15) is 11.8 Å². The van der Waals surface area contributed by atoms with E-state index in [1.807, 2.05) is 30.2 Å². The molecule has 5 nitrogen and oxygen atoms in total. The Morgan fingerprint density at radius 3 is 2.62 bits per heavy atom. The summed E-state index contributed by atoms with van der Waals surface area (Å²) < 4.78 is 2.38. The van der Waals surface area contributed by atoms with E-state index in [2.05, 4.69) is 69.5 Å². The fourth-order valence-electron chi connectivity index (χ4n) is 2.37. The van der Waals surface area contributed by atoms with E-state index in [0.29, 0.717) is 0 Å². The number of guanidine groups is 1. The molecule has 2 aromatic rings. The largest absolute Gasteiger partial charge is 0.356 e. The van der Waals surface area contributed by atoms with Crippen LogP contribution in [0.4, 0.5) is 0 Å². The molecule has 0 spiro atoms. The third kappa shape index (κ3) is 7.57. The molecule has 144 valence electrons. The maximum absolute atomic E-state index is 4.49. The van der Waals surface area contributed by atoms with Crippen molar-refractivity contribution in [3.05, 3.63) is 54.1 Å². The first-order chi connectivity index (χ1) is 12.0. The minimum atomic E-state index is 0. The van der Waals surface area contributed by atoms with E-state index in [1.165, 1.54) is 5.56 Å². The minimum absolute atomic E-state index is 0. The van der Waals surface area contributed by atoms with E-state index in [0.717, 1.165) is 37.8 Å². The molecule has 0 atom stereocenters. The van der Waals surface area contributed by atoms with Gasteiger partial charge in [0.25, 0.3) is 0 Å². The molecule has 2 N–H and O–H groups in total. The normalized spacial score (nSPS) is 11.8. The molecule has 0 amide bonds. The number of aliphatic imine (C=N–C) groups is 1. The molecular weight excluding hydrogens is 457 g/mol. The highest BCUT2D eigenvalue weighted by Crippen LogP contribution is 2.19. The molecule has 1 aromatic carbocycles. The number of hydrogen-bond donors (Lipinski definition) is 2. The van der Waals surface area contributed by atoms with E-state index >= 15 is 0 Å². The molecule has 0 radical (unpaired) electrons. The van der Waals surface area contributed by atoms with Gasteiger partial charge in [0.15, 0.2) is 5.96 Å². The first-order valence-corrected chi connectivity index (χ1v) is 9.80. The summed E-state index contributed by atoms with van der Waals surface area (Å²) in [5.74, 6) is 1.92. The summed E-state index contributed by atoms with van der Waals surface area (Å²) in [4.78, 5) is 8.79. The molecule has 0 aliphatic rings. The lowest BCUT2D eigenvalue weighted by atomic mass is 10.2. The number of halogens is 1. The van der Waals surface area contributed by atoms with E-state index < -0.39 is 0 Å². The molecule has 7 heteroatoms. The van der Waals surface area contributed by atoms with Gasteiger partial charge in [-0.1, -0.05) is 30.3 Å². The summed E-state index contributed by atoms with van der Waals surface area (Å²) in [6, 6.07) is 10.5. The molecule has 26 heavy (non-hydrogen) atoms. The fraction of sp³-hybridized carbons (Fsp3) is 0.474. The van der Waals surface area contributed by atoms with Gasteiger partial charge in [0.2, 0.25) is 0 Å². The van der Waals surface area contributed by atoms with Crippen LogP contribution in [0.2, 0.25) is 0 Å². The van der Waals surface area contributed by atoms with Gasteiger partial charge in [0, 0.05) is 50.2 Å². The number of nitrogens with zero attached hydrogens (tertiary/aromatic N) is 3. The number of thioether (sulfide) groups is 1. The molecule has 0 aliphatic heterocycles. The molecule has 0 saturated carbocycles. The summed E-state index contributed by atoms with van der Waals surface area (Å²) in [6.45, 7) is 6.96. The Morgan fingerprint density at radius 1 is 1.23 bits per heavy atom. The van der Waals surface area contributed by atoms with Gasteiger partial charge in [-0.05, 0) is 25.7 Å². The molecule has 0 fully saturated rings. The van der Waals surface area contributed by atoms with Crippen LogP contribution in [-0.2, 0) is 13.0 Å². The summed E-state index contributed by atoms with van der Waals surface area (Å²) in [5, 5.41) is 6.76. The summed E-state index contributed by atoms with van der Waals surface area (Å²) in [6.07, 6.45) is 6.89. The van der Waals surface area contributed by atoms with Crippen molar-refractivity contribution in [2.75, 3.05) is 26.4 Å². The van der Waals surface area contributed by atoms with Crippen LogP contribution in [0.1, 0.15) is 25.2 Å². The highest BCUT2D eigenvalue weighted by molar-refractivity contribution is 14.0. The van der Waals surface area contributed by atoms with Crippen LogP contribution in [-0.4, -0.2) is 46.7 Å². The van der Waals surface area contributed by atoms with Crippen LogP contribution >= 0.6 is 35.7 Å². The lowest BCUT2D eigenvalue weighted by Crippen LogP contribution is -2.43. The second-order valence-electron chi connectivity index (χ2n) is 6.52. The van der Waals surface area contributed by atoms with E-state index in [1.54, 1.807) is 7.05 Å². The molecule has 1 heterocycles. The van der Waals surface area contributed by atoms with Gasteiger partial charge in [-0.25, -0.2) is 4.98 Å². The van der Waals surface area contributed by atoms with Crippen molar-refractivity contribution < 1.29 is 0 Å². The number of rotatable bonds is 8. The quantitative estimate of drug-likeness (QED) is 0.341. The zero-order valence-electron chi connectivity index (χ0n) is 16.0. The maximum atomic E-state index is 4.49. The molecule has 0 aliphatic carbocycles. The maximum Gasteiger partial charge on any atom is 0.191 e. The fourth-order valence-corrected chi connectivity index (χ4v) is 2.59. The predicted octanol–water partition coefficient (Wildman–Crippen LogP) is 3.40. The Kier molecular flexibility index (Phi) is 10.1. The van der Waals surface area contributed by atoms with Crippen molar-refractivity contribution >= 4 is 41.7 Å². The van der Waals surface area contributed by atoms with Crippen molar-refractivity contribution in [2.24, 2.45) is 4.99 Å². The van der Waals surface area contributed by atoms with Gasteiger partial charge >= 0.3 is 0 Å². The van der Waals surface area contributed by atoms with Gasteiger partial charge < -0.3 is 15.2 Å². The molecule has 2 rings (SSSR count). The number of imidazole rings is 1. The number of nitrogens with one attached hydrogen (secondary N) is 2. The van der Waals surface area contributed by atoms with Crippen molar-refractivity contribution in [2.45, 2.75) is 31.6 Å². The Hall–Kier alpha value is -1.22. The molecule has 1 aromatic heterocycles. The van der Waals surface area contributed by atoms with Crippen LogP contribution < -0.4 is 10.6 Å². The van der Waals surface area contributed by atoms with Crippen molar-refractivity contribution in [1.29, 1.82) is 0 Å². The first-order valence-electron chi connectivity index (χ1n) is 8.57. The Morgan fingerprint density at radius 2 is 1.96 bits per heavy atom. The van der Waals surface area contributed by atoms with Crippen LogP contribution in [0.5, 0.6) is 0 Å². The van der Waals surface area contributed by atoms with Crippen LogP contribution in [0, 0.1) is 0 Å². The van der Waals surface area contributed by atoms with Crippen molar-refractivity contribution in [3.63, 3.8) is 0 Å². The van der Waals surface area contributed by atoms with E-state index in [-0.39, 0.29) is 28.7 Å². The highest BCUT2D eigenvalue weighted by atomic mass is 127. The smallest absolute Gasteiger partial charge is 0.191 e. The Balaban J connectivity index is 0.00000338. The summed E-state index contributed by atoms with van der Waals surface area (Å²) in [7, 11) is 1.80.